The van der Waals surface area contributed by atoms with Gasteiger partial charge in [-0.1, -0.05) is 22.9 Å². The smallest absolute Gasteiger partial charge is 0.178 e. The highest BCUT2D eigenvalue weighted by Crippen LogP contribution is 2.36. The van der Waals surface area contributed by atoms with Gasteiger partial charge < -0.3 is 9.64 Å². The Labute approximate surface area is 97.2 Å². The highest BCUT2D eigenvalue weighted by Gasteiger charge is 2.21. The van der Waals surface area contributed by atoms with Crippen molar-refractivity contribution in [3.8, 4) is 5.75 Å². The zero-order valence-electron chi connectivity index (χ0n) is 8.59. The van der Waals surface area contributed by atoms with Crippen molar-refractivity contribution < 1.29 is 9.13 Å². The SMILES string of the molecule is CCCN1CCOc2c(F)cc(Br)cc21. The molecule has 0 unspecified atom stereocenters. The summed E-state index contributed by atoms with van der Waals surface area (Å²) in [6.07, 6.45) is 1.05. The number of benzene rings is 1. The third kappa shape index (κ3) is 2.09. The molecular weight excluding hydrogens is 261 g/mol. The van der Waals surface area contributed by atoms with Gasteiger partial charge in [0.25, 0.3) is 0 Å². The normalized spacial score (nSPS) is 14.7. The first-order valence-electron chi connectivity index (χ1n) is 5.09. The Morgan fingerprint density at radius 1 is 1.53 bits per heavy atom. The average molecular weight is 274 g/mol. The first-order valence-corrected chi connectivity index (χ1v) is 5.88. The Hall–Kier alpha value is -0.770. The summed E-state index contributed by atoms with van der Waals surface area (Å²) >= 11 is 3.30. The van der Waals surface area contributed by atoms with E-state index in [1.165, 1.54) is 6.07 Å². The molecule has 0 atom stereocenters. The van der Waals surface area contributed by atoms with E-state index < -0.39 is 0 Å². The molecule has 0 spiro atoms. The van der Waals surface area contributed by atoms with Crippen molar-refractivity contribution in [1.82, 2.24) is 0 Å². The molecule has 0 bridgehead atoms. The molecule has 1 aromatic carbocycles. The van der Waals surface area contributed by atoms with Crippen LogP contribution in [0.15, 0.2) is 16.6 Å². The van der Waals surface area contributed by atoms with Crippen LogP contribution in [0, 0.1) is 5.82 Å². The second kappa shape index (κ2) is 4.39. The summed E-state index contributed by atoms with van der Waals surface area (Å²) in [5, 5.41) is 0. The highest BCUT2D eigenvalue weighted by molar-refractivity contribution is 9.10. The maximum absolute atomic E-state index is 13.6. The Morgan fingerprint density at radius 3 is 3.07 bits per heavy atom. The summed E-state index contributed by atoms with van der Waals surface area (Å²) in [6.45, 7) is 4.44. The van der Waals surface area contributed by atoms with Crippen LogP contribution in [-0.2, 0) is 0 Å². The maximum Gasteiger partial charge on any atom is 0.178 e. The molecule has 1 aliphatic heterocycles. The molecule has 0 aromatic heterocycles. The Morgan fingerprint density at radius 2 is 2.33 bits per heavy atom. The van der Waals surface area contributed by atoms with Gasteiger partial charge in [-0.2, -0.15) is 0 Å². The largest absolute Gasteiger partial charge is 0.486 e. The van der Waals surface area contributed by atoms with Gasteiger partial charge in [0.05, 0.1) is 12.2 Å². The molecule has 0 saturated heterocycles. The van der Waals surface area contributed by atoms with Gasteiger partial charge in [-0.3, -0.25) is 0 Å². The van der Waals surface area contributed by atoms with E-state index in [9.17, 15) is 4.39 Å². The van der Waals surface area contributed by atoms with Crippen LogP contribution in [0.4, 0.5) is 10.1 Å². The number of hydrogen-bond acceptors (Lipinski definition) is 2. The zero-order valence-corrected chi connectivity index (χ0v) is 10.2. The summed E-state index contributed by atoms with van der Waals surface area (Å²) in [4.78, 5) is 2.16. The number of rotatable bonds is 2. The van der Waals surface area contributed by atoms with Crippen LogP contribution < -0.4 is 9.64 Å². The summed E-state index contributed by atoms with van der Waals surface area (Å²) in [5.41, 5.74) is 0.856. The van der Waals surface area contributed by atoms with Crippen molar-refractivity contribution >= 4 is 21.6 Å². The fourth-order valence-electron chi connectivity index (χ4n) is 1.81. The Kier molecular flexibility index (Phi) is 3.14. The minimum Gasteiger partial charge on any atom is -0.486 e. The topological polar surface area (TPSA) is 12.5 Å². The monoisotopic (exact) mass is 273 g/mol. The molecule has 2 rings (SSSR count). The van der Waals surface area contributed by atoms with E-state index in [1.807, 2.05) is 6.07 Å². The molecule has 1 aromatic rings. The molecule has 0 N–H and O–H groups in total. The molecule has 0 fully saturated rings. The van der Waals surface area contributed by atoms with Crippen LogP contribution in [0.3, 0.4) is 0 Å². The predicted molar refractivity (Wildman–Crippen MR) is 62.1 cm³/mol. The average Bonchev–Trinajstić information content (AvgIpc) is 2.19. The van der Waals surface area contributed by atoms with Crippen molar-refractivity contribution in [2.75, 3.05) is 24.6 Å². The first-order chi connectivity index (χ1) is 7.22. The van der Waals surface area contributed by atoms with Crippen molar-refractivity contribution in [1.29, 1.82) is 0 Å². The lowest BCUT2D eigenvalue weighted by atomic mass is 10.2. The number of hydrogen-bond donors (Lipinski definition) is 0. The van der Waals surface area contributed by atoms with Gasteiger partial charge in [-0.15, -0.1) is 0 Å². The molecule has 15 heavy (non-hydrogen) atoms. The van der Waals surface area contributed by atoms with E-state index in [-0.39, 0.29) is 5.82 Å². The van der Waals surface area contributed by atoms with E-state index in [2.05, 4.69) is 27.8 Å². The maximum atomic E-state index is 13.6. The third-order valence-corrected chi connectivity index (χ3v) is 2.89. The molecule has 0 radical (unpaired) electrons. The second-order valence-electron chi connectivity index (χ2n) is 3.57. The number of halogens is 2. The zero-order chi connectivity index (χ0) is 10.8. The standard InChI is InChI=1S/C11H13BrFNO/c1-2-3-14-4-5-15-11-9(13)6-8(12)7-10(11)14/h6-7H,2-5H2,1H3. The molecule has 4 heteroatoms. The van der Waals surface area contributed by atoms with Gasteiger partial charge in [0.2, 0.25) is 0 Å². The summed E-state index contributed by atoms with van der Waals surface area (Å²) < 4.78 is 19.7. The lowest BCUT2D eigenvalue weighted by molar-refractivity contribution is 0.291. The van der Waals surface area contributed by atoms with Gasteiger partial charge in [0.1, 0.15) is 6.61 Å². The summed E-state index contributed by atoms with van der Waals surface area (Å²) in [5.74, 6) is 0.0954. The number of anilines is 1. The van der Waals surface area contributed by atoms with E-state index in [0.717, 1.165) is 29.7 Å². The molecule has 2 nitrogen and oxygen atoms in total. The van der Waals surface area contributed by atoms with Crippen LogP contribution in [0.1, 0.15) is 13.3 Å². The predicted octanol–water partition coefficient (Wildman–Crippen LogP) is 3.20. The minimum atomic E-state index is -0.292. The molecule has 0 aliphatic carbocycles. The lowest BCUT2D eigenvalue weighted by Gasteiger charge is -2.31. The fraction of sp³-hybridized carbons (Fsp3) is 0.455. The van der Waals surface area contributed by atoms with E-state index in [0.29, 0.717) is 12.4 Å². The summed E-state index contributed by atoms with van der Waals surface area (Å²) in [6, 6.07) is 3.35. The Balaban J connectivity index is 2.41. The van der Waals surface area contributed by atoms with Crippen LogP contribution in [0.5, 0.6) is 5.75 Å². The molecule has 0 saturated carbocycles. The fourth-order valence-corrected chi connectivity index (χ4v) is 2.22. The van der Waals surface area contributed by atoms with Gasteiger partial charge in [-0.25, -0.2) is 4.39 Å². The van der Waals surface area contributed by atoms with Crippen LogP contribution in [-0.4, -0.2) is 19.7 Å². The molecule has 0 amide bonds. The van der Waals surface area contributed by atoms with E-state index in [1.54, 1.807) is 0 Å². The van der Waals surface area contributed by atoms with Crippen molar-refractivity contribution in [2.45, 2.75) is 13.3 Å². The van der Waals surface area contributed by atoms with E-state index in [4.69, 9.17) is 4.74 Å². The Bertz CT molecular complexity index is 370. The van der Waals surface area contributed by atoms with E-state index >= 15 is 0 Å². The highest BCUT2D eigenvalue weighted by atomic mass is 79.9. The van der Waals surface area contributed by atoms with Crippen LogP contribution in [0.2, 0.25) is 0 Å². The lowest BCUT2D eigenvalue weighted by Crippen LogP contribution is -2.33. The molecule has 82 valence electrons. The van der Waals surface area contributed by atoms with Gasteiger partial charge in [-0.05, 0) is 18.6 Å². The second-order valence-corrected chi connectivity index (χ2v) is 4.49. The summed E-state index contributed by atoms with van der Waals surface area (Å²) in [7, 11) is 0. The number of nitrogens with zero attached hydrogens (tertiary/aromatic N) is 1. The molecule has 1 aliphatic rings. The van der Waals surface area contributed by atoms with Gasteiger partial charge >= 0.3 is 0 Å². The van der Waals surface area contributed by atoms with Gasteiger partial charge in [0, 0.05) is 11.0 Å². The van der Waals surface area contributed by atoms with Crippen molar-refractivity contribution in [3.05, 3.63) is 22.4 Å². The van der Waals surface area contributed by atoms with Crippen molar-refractivity contribution in [2.24, 2.45) is 0 Å². The first kappa shape index (κ1) is 10.7. The van der Waals surface area contributed by atoms with Crippen LogP contribution >= 0.6 is 15.9 Å². The van der Waals surface area contributed by atoms with Gasteiger partial charge in [0.15, 0.2) is 11.6 Å². The number of ether oxygens (including phenoxy) is 1. The number of fused-ring (bicyclic) bond motifs is 1. The molecule has 1 heterocycles. The third-order valence-electron chi connectivity index (χ3n) is 2.43. The molecular formula is C11H13BrFNO. The minimum absolute atomic E-state index is 0.292. The quantitative estimate of drug-likeness (QED) is 0.821. The van der Waals surface area contributed by atoms with Crippen LogP contribution in [0.25, 0.3) is 0 Å². The van der Waals surface area contributed by atoms with Crippen molar-refractivity contribution in [3.63, 3.8) is 0 Å².